The lowest BCUT2D eigenvalue weighted by molar-refractivity contribution is 0.0479. The molecule has 6 rings (SSSR count). The summed E-state index contributed by atoms with van der Waals surface area (Å²) in [5.41, 5.74) is 5.37. The largest absolute Gasteiger partial charge is 0.491 e. The van der Waals surface area contributed by atoms with Crippen molar-refractivity contribution in [3.8, 4) is 16.9 Å². The number of carbonyl (C=O) groups excluding carboxylic acids is 1. The van der Waals surface area contributed by atoms with Crippen molar-refractivity contribution in [3.63, 3.8) is 0 Å². The fraction of sp³-hybridized carbons (Fsp3) is 0.462. The minimum Gasteiger partial charge on any atom is -0.491 e. The van der Waals surface area contributed by atoms with Gasteiger partial charge in [0.15, 0.2) is 0 Å². The highest BCUT2D eigenvalue weighted by atomic mass is 16.5. The number of nitrogens with one attached hydrogen (secondary N) is 1. The van der Waals surface area contributed by atoms with Crippen LogP contribution < -0.4 is 4.74 Å². The second-order valence-corrected chi connectivity index (χ2v) is 9.51. The number of imidazole rings is 1. The number of carbonyl (C=O) groups is 1. The summed E-state index contributed by atoms with van der Waals surface area (Å²) in [6.07, 6.45) is 7.14. The highest BCUT2D eigenvalue weighted by Gasteiger charge is 2.39. The quantitative estimate of drug-likeness (QED) is 0.552. The second-order valence-electron chi connectivity index (χ2n) is 9.51. The van der Waals surface area contributed by atoms with Gasteiger partial charge in [-0.25, -0.2) is 9.78 Å². The Labute approximate surface area is 190 Å². The zero-order valence-corrected chi connectivity index (χ0v) is 18.6. The lowest BCUT2D eigenvalue weighted by Crippen LogP contribution is -2.57. The molecule has 2 bridgehead atoms. The van der Waals surface area contributed by atoms with Crippen molar-refractivity contribution >= 4 is 17.1 Å². The van der Waals surface area contributed by atoms with Gasteiger partial charge in [0.05, 0.1) is 24.1 Å². The number of aromatic amines is 1. The minimum absolute atomic E-state index is 0. The first-order chi connectivity index (χ1) is 15.7. The molecule has 4 heterocycles. The molecule has 168 valence electrons. The Balaban J connectivity index is 0.00000228. The third kappa shape index (κ3) is 3.42. The number of rotatable bonds is 1. The first kappa shape index (κ1) is 19.6. The van der Waals surface area contributed by atoms with E-state index in [1.807, 2.05) is 11.8 Å². The topological polar surface area (TPSA) is 61.5 Å². The van der Waals surface area contributed by atoms with Crippen LogP contribution in [0.5, 0.6) is 5.75 Å². The fourth-order valence-electron chi connectivity index (χ4n) is 5.85. The minimum atomic E-state index is 0. The van der Waals surface area contributed by atoms with E-state index in [0.29, 0.717) is 31.8 Å². The van der Waals surface area contributed by atoms with Crippen molar-refractivity contribution in [3.05, 3.63) is 47.8 Å². The summed E-state index contributed by atoms with van der Waals surface area (Å²) in [5.74, 6) is 1.81. The van der Waals surface area contributed by atoms with Gasteiger partial charge in [0.1, 0.15) is 18.2 Å². The number of aryl methyl sites for hydroxylation is 1. The highest BCUT2D eigenvalue weighted by Crippen LogP contribution is 2.36. The van der Waals surface area contributed by atoms with Crippen molar-refractivity contribution in [1.82, 2.24) is 19.8 Å². The van der Waals surface area contributed by atoms with Gasteiger partial charge in [-0.1, -0.05) is 12.1 Å². The van der Waals surface area contributed by atoms with Crippen LogP contribution in [0.2, 0.25) is 0 Å². The van der Waals surface area contributed by atoms with Crippen LogP contribution in [-0.4, -0.2) is 51.0 Å². The number of amides is 2. The monoisotopic (exact) mass is 432 g/mol. The molecule has 2 fully saturated rings. The summed E-state index contributed by atoms with van der Waals surface area (Å²) in [5, 5.41) is 0. The van der Waals surface area contributed by atoms with E-state index in [4.69, 9.17) is 4.74 Å². The average Bonchev–Trinajstić information content (AvgIpc) is 3.03. The average molecular weight is 433 g/mol. The lowest BCUT2D eigenvalue weighted by Gasteiger charge is -2.47. The Morgan fingerprint density at radius 1 is 1.06 bits per heavy atom. The molecular weight excluding hydrogens is 400 g/mol. The molecule has 3 aliphatic heterocycles. The molecule has 2 aromatic carbocycles. The van der Waals surface area contributed by atoms with Crippen LogP contribution in [-0.2, 0) is 6.54 Å². The van der Waals surface area contributed by atoms with E-state index in [9.17, 15) is 4.79 Å². The number of hydrogen-bond donors (Lipinski definition) is 1. The lowest BCUT2D eigenvalue weighted by atomic mass is 9.85. The number of hydrogen-bond acceptors (Lipinski definition) is 3. The van der Waals surface area contributed by atoms with Gasteiger partial charge in [-0.3, -0.25) is 0 Å². The third-order valence-electron chi connectivity index (χ3n) is 7.40. The predicted molar refractivity (Wildman–Crippen MR) is 127 cm³/mol. The molecule has 3 aromatic rings. The van der Waals surface area contributed by atoms with E-state index >= 15 is 0 Å². The first-order valence-corrected chi connectivity index (χ1v) is 12.0. The molecule has 2 amide bonds. The Morgan fingerprint density at radius 2 is 1.78 bits per heavy atom. The van der Waals surface area contributed by atoms with Gasteiger partial charge >= 0.3 is 6.03 Å². The number of benzene rings is 2. The number of H-pyrrole nitrogens is 1. The normalized spacial score (nSPS) is 22.9. The number of piperidine rings is 2. The van der Waals surface area contributed by atoms with E-state index in [0.717, 1.165) is 65.0 Å². The molecule has 0 saturated carbocycles. The van der Waals surface area contributed by atoms with Gasteiger partial charge in [0.2, 0.25) is 0 Å². The highest BCUT2D eigenvalue weighted by molar-refractivity contribution is 5.82. The maximum absolute atomic E-state index is 13.6. The number of nitrogens with zero attached hydrogens (tertiary/aromatic N) is 3. The van der Waals surface area contributed by atoms with Crippen LogP contribution in [0, 0.1) is 6.92 Å². The van der Waals surface area contributed by atoms with E-state index in [-0.39, 0.29) is 7.46 Å². The Hall–Kier alpha value is -3.02. The Kier molecular flexibility index (Phi) is 4.81. The predicted octanol–water partition coefficient (Wildman–Crippen LogP) is 5.51. The third-order valence-corrected chi connectivity index (χ3v) is 7.40. The molecule has 0 unspecified atom stereocenters. The van der Waals surface area contributed by atoms with Gasteiger partial charge in [-0.05, 0) is 80.8 Å². The molecule has 1 N–H and O–H groups in total. The number of fused-ring (bicyclic) bond motifs is 4. The Morgan fingerprint density at radius 3 is 2.56 bits per heavy atom. The van der Waals surface area contributed by atoms with E-state index in [1.54, 1.807) is 0 Å². The Bertz CT molecular complexity index is 1150. The SMILES string of the molecule is Cc1nc2ccc(-c3ccc4c(c3)CN(C(=O)N3C5CCCC3CCC5)CCO4)cc2[nH]1.[HH]. The molecule has 0 radical (unpaired) electrons. The van der Waals surface area contributed by atoms with E-state index < -0.39 is 0 Å². The van der Waals surface area contributed by atoms with Gasteiger partial charge in [0.25, 0.3) is 0 Å². The van der Waals surface area contributed by atoms with Gasteiger partial charge in [-0.2, -0.15) is 0 Å². The molecule has 6 nitrogen and oxygen atoms in total. The summed E-state index contributed by atoms with van der Waals surface area (Å²) >= 11 is 0. The maximum Gasteiger partial charge on any atom is 0.320 e. The molecule has 0 aliphatic carbocycles. The van der Waals surface area contributed by atoms with Gasteiger partial charge in [-0.15, -0.1) is 0 Å². The van der Waals surface area contributed by atoms with Crippen molar-refractivity contribution < 1.29 is 11.0 Å². The van der Waals surface area contributed by atoms with Gasteiger partial charge in [0, 0.05) is 19.1 Å². The van der Waals surface area contributed by atoms with Crippen molar-refractivity contribution in [2.45, 2.75) is 64.1 Å². The van der Waals surface area contributed by atoms with Crippen LogP contribution in [0.25, 0.3) is 22.2 Å². The van der Waals surface area contributed by atoms with Crippen LogP contribution in [0.15, 0.2) is 36.4 Å². The standard InChI is InChI=1S/C26H30N4O2.H2/c1-17-27-23-10-8-19(15-24(23)28-17)18-9-11-25-20(14-18)16-29(12-13-32-25)26(31)30-21-4-2-5-22(30)7-3-6-21;/h8-11,14-15,21-22H,2-7,12-13,16H2,1H3,(H,27,28);1H. The maximum atomic E-state index is 13.6. The second kappa shape index (κ2) is 7.84. The molecule has 2 saturated heterocycles. The smallest absolute Gasteiger partial charge is 0.320 e. The summed E-state index contributed by atoms with van der Waals surface area (Å²) < 4.78 is 6.05. The summed E-state index contributed by atoms with van der Waals surface area (Å²) in [7, 11) is 0. The molecule has 3 aliphatic rings. The summed E-state index contributed by atoms with van der Waals surface area (Å²) in [4.78, 5) is 25.7. The molecule has 6 heteroatoms. The molecular formula is C26H32N4O2. The zero-order chi connectivity index (χ0) is 21.7. The van der Waals surface area contributed by atoms with Crippen LogP contribution in [0.3, 0.4) is 0 Å². The fourth-order valence-corrected chi connectivity index (χ4v) is 5.85. The molecule has 0 atom stereocenters. The van der Waals surface area contributed by atoms with Gasteiger partial charge < -0.3 is 19.5 Å². The van der Waals surface area contributed by atoms with E-state index in [1.165, 1.54) is 12.8 Å². The number of urea groups is 1. The molecule has 1 aromatic heterocycles. The zero-order valence-electron chi connectivity index (χ0n) is 18.6. The molecule has 0 spiro atoms. The van der Waals surface area contributed by atoms with Crippen LogP contribution in [0.1, 0.15) is 51.3 Å². The summed E-state index contributed by atoms with van der Waals surface area (Å²) in [6, 6.07) is 13.7. The van der Waals surface area contributed by atoms with Crippen LogP contribution >= 0.6 is 0 Å². The van der Waals surface area contributed by atoms with E-state index in [2.05, 4.69) is 51.3 Å². The van der Waals surface area contributed by atoms with Crippen molar-refractivity contribution in [2.75, 3.05) is 13.2 Å². The number of ether oxygens (including phenoxy) is 1. The summed E-state index contributed by atoms with van der Waals surface area (Å²) in [6.45, 7) is 3.75. The molecule has 32 heavy (non-hydrogen) atoms. The first-order valence-electron chi connectivity index (χ1n) is 12.0. The van der Waals surface area contributed by atoms with Crippen molar-refractivity contribution in [2.24, 2.45) is 0 Å². The number of aromatic nitrogens is 2. The van der Waals surface area contributed by atoms with Crippen LogP contribution in [0.4, 0.5) is 4.79 Å². The van der Waals surface area contributed by atoms with Crippen molar-refractivity contribution in [1.29, 1.82) is 0 Å².